The first-order valence-electron chi connectivity index (χ1n) is 11.3. The van der Waals surface area contributed by atoms with Crippen molar-refractivity contribution in [3.05, 3.63) is 38.8 Å². The summed E-state index contributed by atoms with van der Waals surface area (Å²) in [5, 5.41) is 0.566. The van der Waals surface area contributed by atoms with Gasteiger partial charge in [-0.2, -0.15) is 0 Å². The summed E-state index contributed by atoms with van der Waals surface area (Å²) < 4.78 is 0. The van der Waals surface area contributed by atoms with Gasteiger partial charge >= 0.3 is 0 Å². The van der Waals surface area contributed by atoms with Crippen molar-refractivity contribution in [2.24, 2.45) is 11.8 Å². The van der Waals surface area contributed by atoms with Crippen LogP contribution in [0.25, 0.3) is 10.2 Å². The summed E-state index contributed by atoms with van der Waals surface area (Å²) in [6.45, 7) is 5.04. The van der Waals surface area contributed by atoms with Gasteiger partial charge in [-0.15, -0.1) is 11.3 Å². The van der Waals surface area contributed by atoms with E-state index < -0.39 is 0 Å². The van der Waals surface area contributed by atoms with Crippen LogP contribution < -0.4 is 5.56 Å². The zero-order valence-corrected chi connectivity index (χ0v) is 18.2. The molecule has 4 atom stereocenters. The Labute approximate surface area is 180 Å². The van der Waals surface area contributed by atoms with Crippen molar-refractivity contribution in [2.75, 3.05) is 19.6 Å². The van der Waals surface area contributed by atoms with E-state index in [1.54, 1.807) is 0 Å². The zero-order chi connectivity index (χ0) is 20.4. The van der Waals surface area contributed by atoms with E-state index in [9.17, 15) is 9.59 Å². The summed E-state index contributed by atoms with van der Waals surface area (Å²) in [6, 6.07) is 0.943. The number of hydrogen-bond acceptors (Lipinski definition) is 5. The lowest BCUT2D eigenvalue weighted by Crippen LogP contribution is -2.60. The van der Waals surface area contributed by atoms with Crippen LogP contribution in [-0.4, -0.2) is 57.4 Å². The molecule has 0 saturated carbocycles. The maximum Gasteiger partial charge on any atom is 0.264 e. The van der Waals surface area contributed by atoms with Crippen molar-refractivity contribution >= 4 is 27.5 Å². The fourth-order valence-corrected chi connectivity index (χ4v) is 7.72. The van der Waals surface area contributed by atoms with Crippen LogP contribution in [0.3, 0.4) is 0 Å². The van der Waals surface area contributed by atoms with E-state index in [0.29, 0.717) is 26.9 Å². The monoisotopic (exact) mass is 424 g/mol. The highest BCUT2D eigenvalue weighted by Crippen LogP contribution is 2.45. The van der Waals surface area contributed by atoms with E-state index in [1.807, 2.05) is 6.92 Å². The number of carbonyl (C=O) groups excluding carboxylic acids is 1. The summed E-state index contributed by atoms with van der Waals surface area (Å²) in [7, 11) is 0. The van der Waals surface area contributed by atoms with Gasteiger partial charge in [0, 0.05) is 19.1 Å². The maximum atomic E-state index is 13.8. The van der Waals surface area contributed by atoms with Gasteiger partial charge in [-0.05, 0) is 63.0 Å². The van der Waals surface area contributed by atoms with Gasteiger partial charge in [0.25, 0.3) is 11.5 Å². The molecular weight excluding hydrogens is 396 g/mol. The first kappa shape index (κ1) is 18.8. The normalized spacial score (nSPS) is 31.2. The number of aromatic amines is 1. The summed E-state index contributed by atoms with van der Waals surface area (Å²) in [6.07, 6.45) is 11.3. The van der Waals surface area contributed by atoms with Gasteiger partial charge in [0.1, 0.15) is 4.83 Å². The van der Waals surface area contributed by atoms with Gasteiger partial charge in [0.2, 0.25) is 0 Å². The molecule has 4 aliphatic rings. The lowest BCUT2D eigenvalue weighted by molar-refractivity contribution is 0.00160. The van der Waals surface area contributed by atoms with Crippen molar-refractivity contribution in [3.8, 4) is 0 Å². The van der Waals surface area contributed by atoms with E-state index in [0.717, 1.165) is 37.5 Å². The third-order valence-electron chi connectivity index (χ3n) is 7.85. The van der Waals surface area contributed by atoms with E-state index in [4.69, 9.17) is 0 Å². The van der Waals surface area contributed by atoms with Crippen molar-refractivity contribution < 1.29 is 4.79 Å². The second-order valence-corrected chi connectivity index (χ2v) is 10.5. The van der Waals surface area contributed by atoms with Crippen molar-refractivity contribution in [1.29, 1.82) is 0 Å². The van der Waals surface area contributed by atoms with Gasteiger partial charge in [-0.1, -0.05) is 18.1 Å². The Bertz CT molecular complexity index is 1100. The number of aryl methyl sites for hydroxylation is 1. The molecule has 0 aromatic carbocycles. The van der Waals surface area contributed by atoms with Crippen LogP contribution in [0.1, 0.15) is 53.8 Å². The number of amides is 1. The average molecular weight is 425 g/mol. The molecule has 3 fully saturated rings. The number of piperidine rings is 3. The molecule has 3 saturated heterocycles. The van der Waals surface area contributed by atoms with Crippen LogP contribution in [-0.2, 0) is 0 Å². The molecule has 7 heteroatoms. The van der Waals surface area contributed by atoms with Gasteiger partial charge < -0.3 is 9.88 Å². The van der Waals surface area contributed by atoms with Crippen LogP contribution in [0.4, 0.5) is 0 Å². The second-order valence-electron chi connectivity index (χ2n) is 9.47. The molecule has 158 valence electrons. The fourth-order valence-electron chi connectivity index (χ4n) is 6.61. The van der Waals surface area contributed by atoms with Crippen LogP contribution in [0.15, 0.2) is 22.8 Å². The van der Waals surface area contributed by atoms with Crippen LogP contribution >= 0.6 is 11.3 Å². The molecule has 0 spiro atoms. The molecule has 1 aliphatic carbocycles. The van der Waals surface area contributed by atoms with Gasteiger partial charge in [0.05, 0.1) is 22.6 Å². The van der Waals surface area contributed by atoms with Crippen LogP contribution in [0.2, 0.25) is 0 Å². The minimum absolute atomic E-state index is 0.0877. The maximum absolute atomic E-state index is 13.8. The Kier molecular flexibility index (Phi) is 4.39. The highest BCUT2D eigenvalue weighted by atomic mass is 32.1. The van der Waals surface area contributed by atoms with Crippen molar-refractivity contribution in [3.63, 3.8) is 0 Å². The third kappa shape index (κ3) is 2.74. The summed E-state index contributed by atoms with van der Waals surface area (Å²) in [5.74, 6) is 1.29. The number of nitrogens with zero attached hydrogens (tertiary/aromatic N) is 3. The molecule has 30 heavy (non-hydrogen) atoms. The van der Waals surface area contributed by atoms with E-state index in [2.05, 4.69) is 25.8 Å². The summed E-state index contributed by atoms with van der Waals surface area (Å²) >= 11 is 1.37. The van der Waals surface area contributed by atoms with Crippen LogP contribution in [0, 0.1) is 18.8 Å². The van der Waals surface area contributed by atoms with Crippen LogP contribution in [0.5, 0.6) is 0 Å². The minimum atomic E-state index is -0.157. The Balaban J connectivity index is 1.37. The quantitative estimate of drug-likeness (QED) is 0.713. The molecule has 6 rings (SSSR count). The molecule has 6 nitrogen and oxygen atoms in total. The fraction of sp³-hybridized carbons (Fsp3) is 0.609. The third-order valence-corrected chi connectivity index (χ3v) is 9.03. The van der Waals surface area contributed by atoms with E-state index in [-0.39, 0.29) is 17.5 Å². The van der Waals surface area contributed by atoms with E-state index in [1.165, 1.54) is 55.5 Å². The molecule has 0 radical (unpaired) electrons. The highest BCUT2D eigenvalue weighted by Gasteiger charge is 2.47. The molecular formula is C23H28N4O2S. The number of thiophene rings is 1. The Morgan fingerprint density at radius 3 is 3.03 bits per heavy atom. The predicted octanol–water partition coefficient (Wildman–Crippen LogP) is 3.33. The predicted molar refractivity (Wildman–Crippen MR) is 118 cm³/mol. The number of aromatic nitrogens is 2. The Hall–Kier alpha value is -1.99. The first-order valence-corrected chi connectivity index (χ1v) is 12.2. The summed E-state index contributed by atoms with van der Waals surface area (Å²) in [5.41, 5.74) is 2.12. The standard InChI is InChI=1S/C23H28N4O2S/c1-13-18-21(28)24-12-25-22(18)30-20(13)23(29)27-8-4-5-14-9-15-10-16(19(14)27)11-26-7-3-2-6-17(15)26/h9,12,15-17,19H,2-8,10-11H2,1H3,(H,24,25,28)/t15-,16+,17+,19+/m0/s1. The van der Waals surface area contributed by atoms with Crippen molar-refractivity contribution in [1.82, 2.24) is 19.8 Å². The topological polar surface area (TPSA) is 69.3 Å². The summed E-state index contributed by atoms with van der Waals surface area (Å²) in [4.78, 5) is 39.2. The van der Waals surface area contributed by atoms with Gasteiger partial charge in [-0.25, -0.2) is 4.98 Å². The molecule has 3 aliphatic heterocycles. The number of H-pyrrole nitrogens is 1. The number of rotatable bonds is 1. The molecule has 2 aromatic heterocycles. The molecule has 0 unspecified atom stereocenters. The second kappa shape index (κ2) is 7.02. The molecule has 2 bridgehead atoms. The van der Waals surface area contributed by atoms with Gasteiger partial charge in [0.15, 0.2) is 0 Å². The SMILES string of the molecule is Cc1c(C(=O)N2CCCC3=C[C@H]4C[C@H](CN5CCCC[C@H]45)[C@@H]32)sc2nc[nH]c(=O)c12. The highest BCUT2D eigenvalue weighted by molar-refractivity contribution is 7.20. The minimum Gasteiger partial charge on any atom is -0.331 e. The van der Waals surface area contributed by atoms with Gasteiger partial charge in [-0.3, -0.25) is 14.5 Å². The number of carbonyl (C=O) groups is 1. The molecule has 1 amide bonds. The van der Waals surface area contributed by atoms with Crippen molar-refractivity contribution in [2.45, 2.75) is 57.5 Å². The molecule has 5 heterocycles. The Morgan fingerprint density at radius 1 is 1.27 bits per heavy atom. The first-order chi connectivity index (χ1) is 14.6. The Morgan fingerprint density at radius 2 is 2.17 bits per heavy atom. The molecule has 1 N–H and O–H groups in total. The lowest BCUT2D eigenvalue weighted by atomic mass is 9.68. The number of likely N-dealkylation sites (tertiary alicyclic amines) is 1. The van der Waals surface area contributed by atoms with E-state index >= 15 is 0 Å². The number of nitrogens with one attached hydrogen (secondary N) is 1. The average Bonchev–Trinajstić information content (AvgIpc) is 3.10. The number of fused-ring (bicyclic) bond motifs is 7. The lowest BCUT2D eigenvalue weighted by Gasteiger charge is -2.54. The zero-order valence-electron chi connectivity index (χ0n) is 17.4. The largest absolute Gasteiger partial charge is 0.331 e. The number of hydrogen-bond donors (Lipinski definition) is 1. The smallest absolute Gasteiger partial charge is 0.264 e. The molecule has 2 aromatic rings.